The van der Waals surface area contributed by atoms with Gasteiger partial charge in [-0.2, -0.15) is 0 Å². The predicted octanol–water partition coefficient (Wildman–Crippen LogP) is 0.855. The molecule has 0 aliphatic heterocycles. The molecule has 0 saturated carbocycles. The molecule has 0 aromatic rings. The van der Waals surface area contributed by atoms with E-state index in [1.807, 2.05) is 5.32 Å². The van der Waals surface area contributed by atoms with Gasteiger partial charge in [-0.25, -0.2) is 14.4 Å². The normalized spacial score (nSPS) is 11.7. The van der Waals surface area contributed by atoms with E-state index in [0.717, 1.165) is 13.8 Å². The molecule has 0 saturated heterocycles. The molecule has 0 spiro atoms. The fraction of sp³-hybridized carbons (Fsp3) is 0.615. The van der Waals surface area contributed by atoms with E-state index in [-0.39, 0.29) is 0 Å². The summed E-state index contributed by atoms with van der Waals surface area (Å²) in [6, 6.07) is -1.54. The maximum absolute atomic E-state index is 11.7. The third-order valence-corrected chi connectivity index (χ3v) is 3.49. The van der Waals surface area contributed by atoms with E-state index in [2.05, 4.69) is 18.9 Å². The number of carboxylic acids is 1. The molecule has 0 aliphatic carbocycles. The Morgan fingerprint density at radius 1 is 0.960 bits per heavy atom. The second-order valence-corrected chi connectivity index (χ2v) is 6.54. The quantitative estimate of drug-likeness (QED) is 0.454. The van der Waals surface area contributed by atoms with E-state index >= 15 is 0 Å². The third kappa shape index (κ3) is 10.1. The number of carboxylic acid groups (broad SMARTS) is 1. The van der Waals surface area contributed by atoms with Gasteiger partial charge in [-0.3, -0.25) is 9.59 Å². The number of hydrogen-bond donors (Lipinski definition) is 2. The zero-order valence-corrected chi connectivity index (χ0v) is 14.8. The zero-order chi connectivity index (χ0) is 19.6. The zero-order valence-electron chi connectivity index (χ0n) is 14.0. The van der Waals surface area contributed by atoms with Crippen molar-refractivity contribution < 1.29 is 48.0 Å². The predicted molar refractivity (Wildman–Crippen MR) is 82.5 cm³/mol. The number of carbonyl (C=O) groups is 5. The van der Waals surface area contributed by atoms with Crippen LogP contribution in [0.3, 0.4) is 0 Å². The summed E-state index contributed by atoms with van der Waals surface area (Å²) in [7, 11) is 0. The van der Waals surface area contributed by atoms with Gasteiger partial charge in [0.1, 0.15) is 6.04 Å². The molecule has 0 aromatic carbocycles. The monoisotopic (exact) mass is 381 g/mol. The highest BCUT2D eigenvalue weighted by atomic mass is 32.2. The fourth-order valence-electron chi connectivity index (χ4n) is 1.32. The van der Waals surface area contributed by atoms with Crippen molar-refractivity contribution >= 4 is 41.1 Å². The second-order valence-electron chi connectivity index (χ2n) is 4.95. The molecule has 0 heterocycles. The fourth-order valence-corrected chi connectivity index (χ4v) is 2.14. The Bertz CT molecular complexity index is 533. The van der Waals surface area contributed by atoms with Crippen LogP contribution in [0.2, 0.25) is 0 Å². The van der Waals surface area contributed by atoms with Gasteiger partial charge >= 0.3 is 29.3 Å². The van der Waals surface area contributed by atoms with Crippen molar-refractivity contribution in [2.75, 3.05) is 13.6 Å². The smallest absolute Gasteiger partial charge is 0.410 e. The van der Waals surface area contributed by atoms with E-state index in [1.165, 1.54) is 13.8 Å². The van der Waals surface area contributed by atoms with Gasteiger partial charge in [0.15, 0.2) is 0 Å². The Labute approximate surface area is 147 Å². The summed E-state index contributed by atoms with van der Waals surface area (Å²) in [5.41, 5.74) is 0. The number of amides is 1. The Balaban J connectivity index is 4.67. The number of thioether (sulfide) groups is 1. The first kappa shape index (κ1) is 22.5. The topological polar surface area (TPSA) is 155 Å². The number of rotatable bonds is 8. The first-order valence-electron chi connectivity index (χ1n) is 6.74. The van der Waals surface area contributed by atoms with Gasteiger partial charge < -0.3 is 29.4 Å². The van der Waals surface area contributed by atoms with Crippen LogP contribution in [0.25, 0.3) is 0 Å². The Morgan fingerprint density at radius 2 is 1.44 bits per heavy atom. The molecule has 0 rings (SSSR count). The number of ether oxygens (including phenoxy) is 4. The second kappa shape index (κ2) is 10.4. The molecule has 0 aliphatic rings. The Hall–Kier alpha value is -2.50. The maximum atomic E-state index is 11.7. The van der Waals surface area contributed by atoms with Crippen molar-refractivity contribution in [1.82, 2.24) is 5.32 Å². The number of hydrogen-bond acceptors (Lipinski definition) is 10. The van der Waals surface area contributed by atoms with Gasteiger partial charge in [0.25, 0.3) is 0 Å². The van der Waals surface area contributed by atoms with Crippen LogP contribution in [0, 0.1) is 0 Å². The summed E-state index contributed by atoms with van der Waals surface area (Å²) >= 11 is 0.472. The number of carbonyl (C=O) groups excluding carboxylic acids is 4. The number of alkyl carbamates (subject to hydrolysis) is 1. The van der Waals surface area contributed by atoms with Gasteiger partial charge in [0.05, 0.1) is 4.75 Å². The van der Waals surface area contributed by atoms with E-state index in [9.17, 15) is 29.1 Å². The lowest BCUT2D eigenvalue weighted by Crippen LogP contribution is -2.53. The molecule has 0 unspecified atom stereocenters. The molecule has 25 heavy (non-hydrogen) atoms. The summed E-state index contributed by atoms with van der Waals surface area (Å²) in [5, 5.41) is 10.4. The van der Waals surface area contributed by atoms with Gasteiger partial charge in [-0.1, -0.05) is 0 Å². The molecular formula is C13H19NO10S. The van der Waals surface area contributed by atoms with Crippen LogP contribution in [-0.4, -0.2) is 58.8 Å². The van der Waals surface area contributed by atoms with Crippen LogP contribution in [-0.2, 0) is 33.3 Å². The maximum Gasteiger partial charge on any atom is 0.410 e. The molecular weight excluding hydrogens is 362 g/mol. The van der Waals surface area contributed by atoms with Crippen LogP contribution in [0.15, 0.2) is 0 Å². The average Bonchev–Trinajstić information content (AvgIpc) is 2.42. The molecule has 11 nitrogen and oxygen atoms in total. The summed E-state index contributed by atoms with van der Waals surface area (Å²) in [6.45, 7) is 3.66. The number of aliphatic carboxylic acids is 1. The highest BCUT2D eigenvalue weighted by Crippen LogP contribution is 2.30. The summed E-state index contributed by atoms with van der Waals surface area (Å²) in [6.07, 6.45) is -1.16. The molecule has 142 valence electrons. The van der Waals surface area contributed by atoms with Crippen LogP contribution in [0.5, 0.6) is 0 Å². The first-order valence-corrected chi connectivity index (χ1v) is 7.56. The van der Waals surface area contributed by atoms with Gasteiger partial charge in [-0.15, -0.1) is 0 Å². The highest BCUT2D eigenvalue weighted by Gasteiger charge is 2.40. The van der Waals surface area contributed by atoms with Crippen molar-refractivity contribution in [3.05, 3.63) is 0 Å². The third-order valence-electron chi connectivity index (χ3n) is 2.44. The molecule has 1 atom stereocenters. The summed E-state index contributed by atoms with van der Waals surface area (Å²) in [4.78, 5) is 55.7. The van der Waals surface area contributed by atoms with E-state index in [4.69, 9.17) is 0 Å². The molecule has 2 N–H and O–H groups in total. The number of esters is 2. The Morgan fingerprint density at radius 3 is 1.88 bits per heavy atom. The van der Waals surface area contributed by atoms with Crippen LogP contribution in [0.1, 0.15) is 27.7 Å². The van der Waals surface area contributed by atoms with Crippen LogP contribution in [0.4, 0.5) is 9.59 Å². The van der Waals surface area contributed by atoms with Crippen molar-refractivity contribution in [3.63, 3.8) is 0 Å². The molecule has 0 fully saturated rings. The van der Waals surface area contributed by atoms with Gasteiger partial charge in [0, 0.05) is 13.8 Å². The number of nitrogens with one attached hydrogen (secondary N) is 1. The minimum atomic E-state index is -1.54. The van der Waals surface area contributed by atoms with Crippen molar-refractivity contribution in [3.8, 4) is 0 Å². The van der Waals surface area contributed by atoms with Crippen LogP contribution < -0.4 is 5.32 Å². The lowest BCUT2D eigenvalue weighted by atomic mass is 10.0. The van der Waals surface area contributed by atoms with Crippen LogP contribution >= 0.6 is 11.8 Å². The minimum absolute atomic E-state index is 0.472. The van der Waals surface area contributed by atoms with E-state index in [1.54, 1.807) is 0 Å². The van der Waals surface area contributed by atoms with Crippen molar-refractivity contribution in [2.45, 2.75) is 38.5 Å². The highest BCUT2D eigenvalue weighted by molar-refractivity contribution is 8.14. The average molecular weight is 381 g/mol. The van der Waals surface area contributed by atoms with Crippen molar-refractivity contribution in [1.29, 1.82) is 0 Å². The largest absolute Gasteiger partial charge is 0.480 e. The summed E-state index contributed by atoms with van der Waals surface area (Å²) < 4.78 is 16.5. The summed E-state index contributed by atoms with van der Waals surface area (Å²) in [5.74, 6) is -2.78. The minimum Gasteiger partial charge on any atom is -0.480 e. The molecule has 0 radical (unpaired) electrons. The molecule has 12 heteroatoms. The SMILES string of the molecule is CC(=O)OCOC(=O)N[C@@H](C(=O)O)C(C)(C)SC(=O)OCOC(C)=O. The lowest BCUT2D eigenvalue weighted by Gasteiger charge is -2.29. The van der Waals surface area contributed by atoms with Gasteiger partial charge in [-0.05, 0) is 25.6 Å². The molecule has 0 aromatic heterocycles. The first-order chi connectivity index (χ1) is 11.5. The molecule has 1 amide bonds. The van der Waals surface area contributed by atoms with E-state index < -0.39 is 53.7 Å². The van der Waals surface area contributed by atoms with Gasteiger partial charge in [0.2, 0.25) is 13.6 Å². The van der Waals surface area contributed by atoms with E-state index in [0.29, 0.717) is 11.8 Å². The molecule has 0 bridgehead atoms. The van der Waals surface area contributed by atoms with Crippen molar-refractivity contribution in [2.24, 2.45) is 0 Å². The Kier molecular flexibility index (Phi) is 9.34. The lowest BCUT2D eigenvalue weighted by molar-refractivity contribution is -0.150. The standard InChI is InChI=1S/C13H19NO10S/c1-7(15)21-5-23-11(19)14-9(10(17)18)13(3,4)25-12(20)24-6-22-8(2)16/h9H,5-6H2,1-4H3,(H,14,19)(H,17,18)/t9-/m0/s1.